The molecule has 0 atom stereocenters. The van der Waals surface area contributed by atoms with Gasteiger partial charge in [0, 0.05) is 18.7 Å². The number of benzene rings is 1. The Morgan fingerprint density at radius 3 is 2.73 bits per heavy atom. The van der Waals surface area contributed by atoms with Gasteiger partial charge in [-0.3, -0.25) is 4.79 Å². The fourth-order valence-corrected chi connectivity index (χ4v) is 2.88. The zero-order chi connectivity index (χ0) is 15.5. The van der Waals surface area contributed by atoms with Crippen molar-refractivity contribution in [3.63, 3.8) is 0 Å². The third kappa shape index (κ3) is 2.70. The van der Waals surface area contributed by atoms with Crippen LogP contribution in [0.1, 0.15) is 41.7 Å². The lowest BCUT2D eigenvalue weighted by Gasteiger charge is -2.34. The zero-order valence-corrected chi connectivity index (χ0v) is 12.4. The predicted molar refractivity (Wildman–Crippen MR) is 81.7 cm³/mol. The van der Waals surface area contributed by atoms with Crippen molar-refractivity contribution in [2.45, 2.75) is 25.8 Å². The van der Waals surface area contributed by atoms with Crippen LogP contribution in [0.4, 0.5) is 5.69 Å². The number of aromatic nitrogens is 3. The summed E-state index contributed by atoms with van der Waals surface area (Å²) in [5.74, 6) is 0.0169. The van der Waals surface area contributed by atoms with Crippen LogP contribution in [0, 0.1) is 11.3 Å². The largest absolute Gasteiger partial charge is 0.370 e. The van der Waals surface area contributed by atoms with Crippen LogP contribution in [0.15, 0.2) is 30.9 Å². The second-order valence-corrected chi connectivity index (χ2v) is 5.49. The van der Waals surface area contributed by atoms with E-state index in [2.05, 4.69) is 21.1 Å². The molecule has 0 unspecified atom stereocenters. The first-order valence-corrected chi connectivity index (χ1v) is 7.33. The smallest absolute Gasteiger partial charge is 0.159 e. The van der Waals surface area contributed by atoms with Gasteiger partial charge in [0.15, 0.2) is 5.78 Å². The third-order valence-corrected chi connectivity index (χ3v) is 4.14. The van der Waals surface area contributed by atoms with Gasteiger partial charge in [-0.05, 0) is 38.0 Å². The quantitative estimate of drug-likeness (QED) is 0.811. The monoisotopic (exact) mass is 295 g/mol. The maximum absolute atomic E-state index is 11.6. The number of Topliss-reactive ketones (excluding diaryl/α,β-unsaturated/α-hetero) is 1. The number of piperidine rings is 1. The topological polar surface area (TPSA) is 74.8 Å². The van der Waals surface area contributed by atoms with E-state index >= 15 is 0 Å². The van der Waals surface area contributed by atoms with Crippen LogP contribution in [0.2, 0.25) is 0 Å². The number of nitrogens with zero attached hydrogens (tertiary/aromatic N) is 5. The molecule has 112 valence electrons. The van der Waals surface area contributed by atoms with Crippen molar-refractivity contribution in [3.8, 4) is 6.07 Å². The van der Waals surface area contributed by atoms with E-state index in [4.69, 9.17) is 0 Å². The molecule has 0 bridgehead atoms. The molecule has 1 saturated heterocycles. The normalized spacial score (nSPS) is 15.5. The Morgan fingerprint density at radius 1 is 1.36 bits per heavy atom. The number of carbonyl (C=O) groups is 1. The number of hydrogen-bond acceptors (Lipinski definition) is 5. The van der Waals surface area contributed by atoms with Crippen molar-refractivity contribution in [1.29, 1.82) is 5.26 Å². The summed E-state index contributed by atoms with van der Waals surface area (Å²) in [6.45, 7) is 3.21. The fraction of sp³-hybridized carbons (Fsp3) is 0.375. The highest BCUT2D eigenvalue weighted by atomic mass is 16.1. The Kier molecular flexibility index (Phi) is 3.88. The van der Waals surface area contributed by atoms with Crippen molar-refractivity contribution in [2.24, 2.45) is 0 Å². The van der Waals surface area contributed by atoms with Crippen LogP contribution >= 0.6 is 0 Å². The molecule has 3 rings (SSSR count). The van der Waals surface area contributed by atoms with E-state index in [9.17, 15) is 10.1 Å². The molecule has 1 aliphatic heterocycles. The van der Waals surface area contributed by atoms with Crippen molar-refractivity contribution in [2.75, 3.05) is 18.0 Å². The minimum atomic E-state index is 0.0169. The van der Waals surface area contributed by atoms with E-state index < -0.39 is 0 Å². The lowest BCUT2D eigenvalue weighted by molar-refractivity contribution is 0.101. The molecule has 2 heterocycles. The van der Waals surface area contributed by atoms with Gasteiger partial charge in [-0.2, -0.15) is 10.4 Å². The predicted octanol–water partition coefficient (Wildman–Crippen LogP) is 2.19. The standard InChI is InChI=1S/C16H17N5O/c1-12(22)13-2-3-14(9-17)16(8-13)20-6-4-15(5-7-20)21-11-18-10-19-21/h2-3,8,10-11,15H,4-7H2,1H3. The van der Waals surface area contributed by atoms with Gasteiger partial charge in [0.05, 0.1) is 17.3 Å². The average molecular weight is 295 g/mol. The molecule has 6 nitrogen and oxygen atoms in total. The minimum absolute atomic E-state index is 0.0169. The highest BCUT2D eigenvalue weighted by Gasteiger charge is 2.23. The first-order valence-electron chi connectivity index (χ1n) is 7.33. The van der Waals surface area contributed by atoms with Gasteiger partial charge in [0.1, 0.15) is 18.7 Å². The zero-order valence-electron chi connectivity index (χ0n) is 12.4. The molecule has 0 saturated carbocycles. The SMILES string of the molecule is CC(=O)c1ccc(C#N)c(N2CCC(n3cncn3)CC2)c1. The first-order chi connectivity index (χ1) is 10.7. The van der Waals surface area contributed by atoms with Crippen molar-refractivity contribution >= 4 is 11.5 Å². The molecule has 0 radical (unpaired) electrons. The molecule has 1 fully saturated rings. The summed E-state index contributed by atoms with van der Waals surface area (Å²) in [5.41, 5.74) is 2.11. The number of nitriles is 1. The van der Waals surface area contributed by atoms with Gasteiger partial charge in [0.25, 0.3) is 0 Å². The first kappa shape index (κ1) is 14.3. The van der Waals surface area contributed by atoms with Gasteiger partial charge < -0.3 is 4.90 Å². The number of ketones is 1. The molecular formula is C16H17N5O. The Balaban J connectivity index is 1.79. The highest BCUT2D eigenvalue weighted by molar-refractivity contribution is 5.95. The van der Waals surface area contributed by atoms with Crippen molar-refractivity contribution in [3.05, 3.63) is 42.0 Å². The van der Waals surface area contributed by atoms with Crippen LogP contribution in [0.5, 0.6) is 0 Å². The van der Waals surface area contributed by atoms with Gasteiger partial charge in [0.2, 0.25) is 0 Å². The maximum atomic E-state index is 11.6. The molecule has 6 heteroatoms. The Hall–Kier alpha value is -2.68. The van der Waals surface area contributed by atoms with E-state index in [1.807, 2.05) is 10.7 Å². The van der Waals surface area contributed by atoms with E-state index in [1.54, 1.807) is 31.7 Å². The summed E-state index contributed by atoms with van der Waals surface area (Å²) in [5, 5.41) is 13.5. The summed E-state index contributed by atoms with van der Waals surface area (Å²) in [6.07, 6.45) is 5.19. The van der Waals surface area contributed by atoms with Crippen molar-refractivity contribution in [1.82, 2.24) is 14.8 Å². The molecule has 2 aromatic rings. The van der Waals surface area contributed by atoms with Crippen LogP contribution < -0.4 is 4.90 Å². The van der Waals surface area contributed by atoms with Gasteiger partial charge >= 0.3 is 0 Å². The van der Waals surface area contributed by atoms with E-state index in [-0.39, 0.29) is 5.78 Å². The summed E-state index contributed by atoms with van der Waals surface area (Å²) in [7, 11) is 0. The van der Waals surface area contributed by atoms with Crippen molar-refractivity contribution < 1.29 is 4.79 Å². The molecular weight excluding hydrogens is 278 g/mol. The average Bonchev–Trinajstić information content (AvgIpc) is 3.09. The molecule has 1 aliphatic rings. The molecule has 1 aromatic heterocycles. The minimum Gasteiger partial charge on any atom is -0.370 e. The third-order valence-electron chi connectivity index (χ3n) is 4.14. The lowest BCUT2D eigenvalue weighted by Crippen LogP contribution is -2.35. The van der Waals surface area contributed by atoms with Crippen LogP contribution in [-0.4, -0.2) is 33.6 Å². The molecule has 0 amide bonds. The lowest BCUT2D eigenvalue weighted by atomic mass is 10.0. The number of anilines is 1. The Labute approximate surface area is 129 Å². The second kappa shape index (κ2) is 5.98. The summed E-state index contributed by atoms with van der Waals surface area (Å²) < 4.78 is 1.90. The molecule has 1 aromatic carbocycles. The summed E-state index contributed by atoms with van der Waals surface area (Å²) in [4.78, 5) is 17.7. The van der Waals surface area contributed by atoms with E-state index in [0.29, 0.717) is 17.2 Å². The van der Waals surface area contributed by atoms with Crippen LogP contribution in [0.25, 0.3) is 0 Å². The Bertz CT molecular complexity index is 709. The summed E-state index contributed by atoms with van der Waals surface area (Å²) in [6, 6.07) is 7.84. The fourth-order valence-electron chi connectivity index (χ4n) is 2.88. The van der Waals surface area contributed by atoms with Gasteiger partial charge in [-0.15, -0.1) is 0 Å². The van der Waals surface area contributed by atoms with Crippen LogP contribution in [0.3, 0.4) is 0 Å². The van der Waals surface area contributed by atoms with E-state index in [0.717, 1.165) is 31.6 Å². The molecule has 0 spiro atoms. The Morgan fingerprint density at radius 2 is 2.14 bits per heavy atom. The number of rotatable bonds is 3. The van der Waals surface area contributed by atoms with Crippen LogP contribution in [-0.2, 0) is 0 Å². The summed E-state index contributed by atoms with van der Waals surface area (Å²) >= 11 is 0. The molecule has 22 heavy (non-hydrogen) atoms. The van der Waals surface area contributed by atoms with Gasteiger partial charge in [-0.25, -0.2) is 9.67 Å². The second-order valence-electron chi connectivity index (χ2n) is 5.49. The number of hydrogen-bond donors (Lipinski definition) is 0. The maximum Gasteiger partial charge on any atom is 0.159 e. The van der Waals surface area contributed by atoms with E-state index in [1.165, 1.54) is 0 Å². The highest BCUT2D eigenvalue weighted by Crippen LogP contribution is 2.29. The number of carbonyl (C=O) groups excluding carboxylic acids is 1. The molecule has 0 aliphatic carbocycles. The van der Waals surface area contributed by atoms with Gasteiger partial charge in [-0.1, -0.05) is 0 Å². The molecule has 0 N–H and O–H groups in total.